The molecular weight excluding hydrogens is 325 g/mol. The summed E-state index contributed by atoms with van der Waals surface area (Å²) in [6.07, 6.45) is -4.60. The first-order chi connectivity index (χ1) is 10.1. The molecule has 0 aromatic heterocycles. The maximum atomic E-state index is 12.1. The topological polar surface area (TPSA) is 89.4 Å². The Bertz CT molecular complexity index is 657. The summed E-state index contributed by atoms with van der Waals surface area (Å²) in [5.41, 5.74) is 3.86. The molecule has 0 aliphatic rings. The van der Waals surface area contributed by atoms with Gasteiger partial charge >= 0.3 is 6.18 Å². The van der Waals surface area contributed by atoms with Crippen LogP contribution in [-0.4, -0.2) is 10.0 Å². The van der Waals surface area contributed by atoms with Gasteiger partial charge in [-0.15, -0.1) is 0 Å². The highest BCUT2D eigenvalue weighted by molar-refractivity contribution is 6.32. The molecular formula is C13H10ClF3N2O3. The lowest BCUT2D eigenvalue weighted by atomic mass is 10.2. The average Bonchev–Trinajstić information content (AvgIpc) is 2.42. The zero-order valence-corrected chi connectivity index (χ0v) is 11.6. The Morgan fingerprint density at radius 3 is 2.18 bits per heavy atom. The highest BCUT2D eigenvalue weighted by atomic mass is 35.5. The van der Waals surface area contributed by atoms with Gasteiger partial charge in [0, 0.05) is 6.07 Å². The number of nitrogens with zero attached hydrogens (tertiary/aromatic N) is 1. The van der Waals surface area contributed by atoms with Gasteiger partial charge < -0.3 is 10.8 Å². The third-order valence-corrected chi connectivity index (χ3v) is 2.73. The van der Waals surface area contributed by atoms with E-state index >= 15 is 0 Å². The standard InChI is InChI=1S/C7H3ClF3NO2.C6H7NO/c8-5-2-1-4(7(9,10)11)3-6(5)12(13)14;7-5-3-1-2-4-6(5)8/h1-3H;1-4,8H,7H2. The molecule has 0 bridgehead atoms. The average molecular weight is 335 g/mol. The Hall–Kier alpha value is -2.48. The van der Waals surface area contributed by atoms with Crippen molar-refractivity contribution in [2.75, 3.05) is 5.73 Å². The van der Waals surface area contributed by atoms with Crippen LogP contribution in [0.4, 0.5) is 24.5 Å². The molecule has 0 heterocycles. The molecule has 0 saturated heterocycles. The number of nitro groups is 1. The number of alkyl halides is 3. The van der Waals surface area contributed by atoms with Gasteiger partial charge in [-0.25, -0.2) is 0 Å². The predicted molar refractivity (Wildman–Crippen MR) is 75.6 cm³/mol. The summed E-state index contributed by atoms with van der Waals surface area (Å²) in [7, 11) is 0. The summed E-state index contributed by atoms with van der Waals surface area (Å²) in [4.78, 5) is 9.29. The minimum Gasteiger partial charge on any atom is -0.506 e. The molecule has 0 unspecified atom stereocenters. The molecule has 0 radical (unpaired) electrons. The lowest BCUT2D eigenvalue weighted by molar-refractivity contribution is -0.385. The van der Waals surface area contributed by atoms with Gasteiger partial charge in [0.2, 0.25) is 0 Å². The fraction of sp³-hybridized carbons (Fsp3) is 0.0769. The number of nitrogens with two attached hydrogens (primary N) is 1. The number of halogens is 4. The minimum atomic E-state index is -4.60. The van der Waals surface area contributed by atoms with E-state index in [-0.39, 0.29) is 10.8 Å². The van der Waals surface area contributed by atoms with E-state index in [4.69, 9.17) is 22.4 Å². The van der Waals surface area contributed by atoms with Crippen molar-refractivity contribution in [2.45, 2.75) is 6.18 Å². The van der Waals surface area contributed by atoms with E-state index in [1.165, 1.54) is 0 Å². The number of anilines is 1. The van der Waals surface area contributed by atoms with E-state index in [2.05, 4.69) is 0 Å². The van der Waals surface area contributed by atoms with Crippen LogP contribution in [0, 0.1) is 10.1 Å². The molecule has 22 heavy (non-hydrogen) atoms. The molecule has 0 aliphatic carbocycles. The molecule has 2 aromatic rings. The first kappa shape index (κ1) is 17.6. The predicted octanol–water partition coefficient (Wildman–Crippen LogP) is 4.24. The lowest BCUT2D eigenvalue weighted by Crippen LogP contribution is -2.05. The van der Waals surface area contributed by atoms with Crippen LogP contribution in [0.25, 0.3) is 0 Å². The van der Waals surface area contributed by atoms with Crippen molar-refractivity contribution in [1.29, 1.82) is 0 Å². The fourth-order valence-electron chi connectivity index (χ4n) is 1.32. The van der Waals surface area contributed by atoms with Crippen molar-refractivity contribution in [2.24, 2.45) is 0 Å². The number of hydrogen-bond acceptors (Lipinski definition) is 4. The highest BCUT2D eigenvalue weighted by Crippen LogP contribution is 2.34. The van der Waals surface area contributed by atoms with Crippen LogP contribution in [0.2, 0.25) is 5.02 Å². The molecule has 9 heteroatoms. The van der Waals surface area contributed by atoms with Crippen LogP contribution in [0.3, 0.4) is 0 Å². The first-order valence-electron chi connectivity index (χ1n) is 5.67. The normalized spacial score (nSPS) is 10.5. The fourth-order valence-corrected chi connectivity index (χ4v) is 1.50. The number of nitrogen functional groups attached to an aromatic ring is 1. The Kier molecular flexibility index (Phi) is 5.58. The molecule has 0 aliphatic heterocycles. The molecule has 0 saturated carbocycles. The van der Waals surface area contributed by atoms with E-state index in [0.717, 1.165) is 6.07 Å². The van der Waals surface area contributed by atoms with Gasteiger partial charge in [0.15, 0.2) is 0 Å². The third kappa shape index (κ3) is 4.81. The Morgan fingerprint density at radius 2 is 1.77 bits per heavy atom. The van der Waals surface area contributed by atoms with Crippen LogP contribution in [-0.2, 0) is 6.18 Å². The molecule has 5 nitrogen and oxygen atoms in total. The van der Waals surface area contributed by atoms with Crippen molar-refractivity contribution in [3.05, 3.63) is 63.2 Å². The van der Waals surface area contributed by atoms with E-state index in [1.807, 2.05) is 0 Å². The maximum Gasteiger partial charge on any atom is 0.416 e. The quantitative estimate of drug-likeness (QED) is 0.353. The number of rotatable bonds is 1. The van der Waals surface area contributed by atoms with Gasteiger partial charge in [-0.05, 0) is 24.3 Å². The molecule has 3 N–H and O–H groups in total. The van der Waals surface area contributed by atoms with Crippen LogP contribution < -0.4 is 5.73 Å². The van der Waals surface area contributed by atoms with Gasteiger partial charge in [0.05, 0.1) is 16.2 Å². The molecule has 118 valence electrons. The molecule has 2 rings (SSSR count). The highest BCUT2D eigenvalue weighted by Gasteiger charge is 2.32. The van der Waals surface area contributed by atoms with Gasteiger partial charge in [-0.3, -0.25) is 10.1 Å². The van der Waals surface area contributed by atoms with Crippen molar-refractivity contribution < 1.29 is 23.2 Å². The Labute approximate surface area is 127 Å². The van der Waals surface area contributed by atoms with E-state index in [9.17, 15) is 23.3 Å². The molecule has 2 aromatic carbocycles. The third-order valence-electron chi connectivity index (χ3n) is 2.41. The van der Waals surface area contributed by atoms with Gasteiger partial charge in [0.1, 0.15) is 10.8 Å². The molecule has 0 amide bonds. The molecule has 0 fully saturated rings. The summed E-state index contributed by atoms with van der Waals surface area (Å²) in [6.45, 7) is 0. The number of phenolic OH excluding ortho intramolecular Hbond substituents is 1. The number of para-hydroxylation sites is 2. The number of benzene rings is 2. The van der Waals surface area contributed by atoms with E-state index in [1.54, 1.807) is 24.3 Å². The first-order valence-corrected chi connectivity index (χ1v) is 6.05. The second kappa shape index (κ2) is 6.99. The van der Waals surface area contributed by atoms with Crippen LogP contribution in [0.15, 0.2) is 42.5 Å². The van der Waals surface area contributed by atoms with Crippen LogP contribution in [0.5, 0.6) is 5.75 Å². The minimum absolute atomic E-state index is 0.146. The van der Waals surface area contributed by atoms with Crippen molar-refractivity contribution in [3.63, 3.8) is 0 Å². The van der Waals surface area contributed by atoms with Crippen molar-refractivity contribution in [3.8, 4) is 5.75 Å². The summed E-state index contributed by atoms with van der Waals surface area (Å²) >= 11 is 5.33. The molecule has 0 atom stereocenters. The largest absolute Gasteiger partial charge is 0.506 e. The van der Waals surface area contributed by atoms with Crippen molar-refractivity contribution >= 4 is 23.0 Å². The van der Waals surface area contributed by atoms with Crippen LogP contribution in [0.1, 0.15) is 5.56 Å². The van der Waals surface area contributed by atoms with Crippen LogP contribution >= 0.6 is 11.6 Å². The summed E-state index contributed by atoms with van der Waals surface area (Å²) in [5.74, 6) is 0.146. The van der Waals surface area contributed by atoms with Crippen molar-refractivity contribution in [1.82, 2.24) is 0 Å². The zero-order chi connectivity index (χ0) is 16.9. The Morgan fingerprint density at radius 1 is 1.18 bits per heavy atom. The number of hydrogen-bond donors (Lipinski definition) is 2. The summed E-state index contributed by atoms with van der Waals surface area (Å²) in [5, 5.41) is 18.7. The van der Waals surface area contributed by atoms with Gasteiger partial charge in [0.25, 0.3) is 5.69 Å². The van der Waals surface area contributed by atoms with E-state index < -0.39 is 22.4 Å². The van der Waals surface area contributed by atoms with Gasteiger partial charge in [-0.2, -0.15) is 13.2 Å². The summed E-state index contributed by atoms with van der Waals surface area (Å²) < 4.78 is 36.3. The SMILES string of the molecule is Nc1ccccc1O.O=[N+]([O-])c1cc(C(F)(F)F)ccc1Cl. The zero-order valence-electron chi connectivity index (χ0n) is 10.8. The summed E-state index contributed by atoms with van der Waals surface area (Å²) in [6, 6.07) is 8.64. The molecule has 0 spiro atoms. The monoisotopic (exact) mass is 334 g/mol. The second-order valence-electron chi connectivity index (χ2n) is 3.98. The Balaban J connectivity index is 0.000000255. The van der Waals surface area contributed by atoms with E-state index in [0.29, 0.717) is 17.8 Å². The second-order valence-corrected chi connectivity index (χ2v) is 4.39. The number of nitro benzene ring substituents is 1. The number of phenols is 1. The lowest BCUT2D eigenvalue weighted by Gasteiger charge is -2.05. The smallest absolute Gasteiger partial charge is 0.416 e. The number of aromatic hydroxyl groups is 1. The maximum absolute atomic E-state index is 12.1. The van der Waals surface area contributed by atoms with Gasteiger partial charge in [-0.1, -0.05) is 23.7 Å².